The molecule has 0 saturated heterocycles. The van der Waals surface area contributed by atoms with E-state index < -0.39 is 0 Å². The second-order valence-electron chi connectivity index (χ2n) is 8.61. The number of benzene rings is 1. The predicted octanol–water partition coefficient (Wildman–Crippen LogP) is 5.31. The largest absolute Gasteiger partial charge is 0.497 e. The van der Waals surface area contributed by atoms with E-state index in [9.17, 15) is 0 Å². The minimum Gasteiger partial charge on any atom is -0.497 e. The summed E-state index contributed by atoms with van der Waals surface area (Å²) >= 11 is 0. The zero-order valence-electron chi connectivity index (χ0n) is 16.6. The molecule has 0 radical (unpaired) electrons. The number of hydrogen-bond donors (Lipinski definition) is 0. The normalized spacial score (nSPS) is 27.2. The first kappa shape index (κ1) is 16.4. The van der Waals surface area contributed by atoms with Crippen LogP contribution in [0.5, 0.6) is 5.75 Å². The van der Waals surface area contributed by atoms with Crippen molar-refractivity contribution in [3.63, 3.8) is 0 Å². The van der Waals surface area contributed by atoms with Crippen molar-refractivity contribution in [2.24, 2.45) is 11.8 Å². The molecule has 3 aromatic rings. The quantitative estimate of drug-likeness (QED) is 0.621. The summed E-state index contributed by atoms with van der Waals surface area (Å²) in [4.78, 5) is 11.7. The smallest absolute Gasteiger partial charge is 0.232 e. The third kappa shape index (κ3) is 2.07. The molecule has 0 amide bonds. The Morgan fingerprint density at radius 1 is 1.00 bits per heavy atom. The number of aryl methyl sites for hydroxylation is 1. The first-order valence-electron chi connectivity index (χ1n) is 10.3. The maximum Gasteiger partial charge on any atom is 0.232 e. The van der Waals surface area contributed by atoms with Crippen LogP contribution in [0.15, 0.2) is 28.7 Å². The van der Waals surface area contributed by atoms with Crippen LogP contribution in [-0.4, -0.2) is 24.1 Å². The van der Waals surface area contributed by atoms with E-state index in [0.717, 1.165) is 46.0 Å². The Hall–Kier alpha value is -2.56. The molecule has 0 spiro atoms. The van der Waals surface area contributed by atoms with Crippen LogP contribution in [0.4, 0.5) is 11.5 Å². The van der Waals surface area contributed by atoms with Gasteiger partial charge in [0.2, 0.25) is 5.71 Å². The summed E-state index contributed by atoms with van der Waals surface area (Å²) in [6.45, 7) is 1.95. The topological polar surface area (TPSA) is 51.4 Å². The summed E-state index contributed by atoms with van der Waals surface area (Å²) in [6.07, 6.45) is 5.27. The first-order chi connectivity index (χ1) is 13.7. The molecule has 0 aliphatic heterocycles. The fourth-order valence-electron chi connectivity index (χ4n) is 5.70. The highest BCUT2D eigenvalue weighted by molar-refractivity contribution is 5.93. The van der Waals surface area contributed by atoms with Gasteiger partial charge >= 0.3 is 0 Å². The molecule has 2 aromatic heterocycles. The van der Waals surface area contributed by atoms with E-state index in [1.54, 1.807) is 7.11 Å². The Balaban J connectivity index is 1.54. The fourth-order valence-corrected chi connectivity index (χ4v) is 5.70. The maximum absolute atomic E-state index is 6.42. The number of anilines is 2. The molecule has 2 fully saturated rings. The molecule has 1 aromatic carbocycles. The highest BCUT2D eigenvalue weighted by atomic mass is 16.5. The SMILES string of the molecule is COc1ccc(N(C)c2nc(C)nc3oc4c(c23)C2CC[C@H]2C2CC[C@@H]42)cc1. The zero-order valence-corrected chi connectivity index (χ0v) is 16.6. The van der Waals surface area contributed by atoms with Gasteiger partial charge in [0.1, 0.15) is 23.2 Å². The molecule has 0 N–H and O–H groups in total. The van der Waals surface area contributed by atoms with E-state index in [1.807, 2.05) is 19.1 Å². The van der Waals surface area contributed by atoms with E-state index in [4.69, 9.17) is 14.1 Å². The molecule has 144 valence electrons. The summed E-state index contributed by atoms with van der Waals surface area (Å²) < 4.78 is 11.7. The third-order valence-electron chi connectivity index (χ3n) is 7.40. The molecule has 2 saturated carbocycles. The van der Waals surface area contributed by atoms with Crippen LogP contribution >= 0.6 is 0 Å². The van der Waals surface area contributed by atoms with Crippen molar-refractivity contribution < 1.29 is 9.15 Å². The average molecular weight is 375 g/mol. The summed E-state index contributed by atoms with van der Waals surface area (Å²) in [7, 11) is 3.77. The summed E-state index contributed by atoms with van der Waals surface area (Å²) in [5, 5.41) is 1.14. The number of furan rings is 1. The molecule has 2 unspecified atom stereocenters. The summed E-state index contributed by atoms with van der Waals surface area (Å²) in [6, 6.07) is 8.12. The minimum absolute atomic E-state index is 0.602. The van der Waals surface area contributed by atoms with E-state index in [0.29, 0.717) is 11.8 Å². The van der Waals surface area contributed by atoms with E-state index in [1.165, 1.54) is 37.0 Å². The highest BCUT2D eigenvalue weighted by Gasteiger charge is 2.54. The van der Waals surface area contributed by atoms with Gasteiger partial charge in [-0.3, -0.25) is 0 Å². The zero-order chi connectivity index (χ0) is 19.0. The number of fused-ring (bicyclic) bond motifs is 8. The van der Waals surface area contributed by atoms with E-state index in [2.05, 4.69) is 29.1 Å². The number of methoxy groups -OCH3 is 1. The van der Waals surface area contributed by atoms with Crippen LogP contribution in [0.3, 0.4) is 0 Å². The van der Waals surface area contributed by atoms with Gasteiger partial charge in [0.15, 0.2) is 0 Å². The van der Waals surface area contributed by atoms with Crippen molar-refractivity contribution in [2.75, 3.05) is 19.1 Å². The monoisotopic (exact) mass is 375 g/mol. The second kappa shape index (κ2) is 5.72. The van der Waals surface area contributed by atoms with Gasteiger partial charge in [-0.25, -0.2) is 4.98 Å². The lowest BCUT2D eigenvalue weighted by molar-refractivity contribution is 0.0455. The number of ether oxygens (including phenoxy) is 1. The molecule has 0 bridgehead atoms. The summed E-state index contributed by atoms with van der Waals surface area (Å²) in [5.41, 5.74) is 3.27. The predicted molar refractivity (Wildman–Crippen MR) is 109 cm³/mol. The Labute approximate surface area is 164 Å². The lowest BCUT2D eigenvalue weighted by Crippen LogP contribution is -2.43. The molecular formula is C23H25N3O2. The third-order valence-corrected chi connectivity index (χ3v) is 7.40. The Kier molecular flexibility index (Phi) is 3.35. The van der Waals surface area contributed by atoms with Crippen molar-refractivity contribution in [3.05, 3.63) is 41.4 Å². The molecule has 3 aliphatic rings. The Bertz CT molecular complexity index is 1070. The van der Waals surface area contributed by atoms with Crippen LogP contribution in [0.2, 0.25) is 0 Å². The van der Waals surface area contributed by atoms with Gasteiger partial charge in [-0.2, -0.15) is 4.98 Å². The highest BCUT2D eigenvalue weighted by Crippen LogP contribution is 2.65. The van der Waals surface area contributed by atoms with Crippen molar-refractivity contribution in [1.82, 2.24) is 9.97 Å². The van der Waals surface area contributed by atoms with Gasteiger partial charge in [0, 0.05) is 24.2 Å². The van der Waals surface area contributed by atoms with Crippen LogP contribution < -0.4 is 9.64 Å². The Morgan fingerprint density at radius 2 is 1.71 bits per heavy atom. The second-order valence-corrected chi connectivity index (χ2v) is 8.61. The van der Waals surface area contributed by atoms with E-state index >= 15 is 0 Å². The van der Waals surface area contributed by atoms with Crippen molar-refractivity contribution in [2.45, 2.75) is 44.4 Å². The van der Waals surface area contributed by atoms with Crippen molar-refractivity contribution in [1.29, 1.82) is 0 Å². The number of hydrogen-bond acceptors (Lipinski definition) is 5. The molecule has 5 nitrogen and oxygen atoms in total. The lowest BCUT2D eigenvalue weighted by Gasteiger charge is -2.53. The van der Waals surface area contributed by atoms with Crippen molar-refractivity contribution >= 4 is 22.6 Å². The number of nitrogens with zero attached hydrogens (tertiary/aromatic N) is 3. The molecule has 28 heavy (non-hydrogen) atoms. The van der Waals surface area contributed by atoms with Crippen LogP contribution in [0.1, 0.15) is 54.7 Å². The summed E-state index contributed by atoms with van der Waals surface area (Å²) in [5.74, 6) is 6.70. The van der Waals surface area contributed by atoms with Gasteiger partial charge in [-0.15, -0.1) is 0 Å². The van der Waals surface area contributed by atoms with Crippen LogP contribution in [0.25, 0.3) is 11.1 Å². The van der Waals surface area contributed by atoms with Gasteiger partial charge in [-0.1, -0.05) is 0 Å². The molecule has 6 rings (SSSR count). The fraction of sp³-hybridized carbons (Fsp3) is 0.478. The first-order valence-corrected chi connectivity index (χ1v) is 10.3. The average Bonchev–Trinajstić information content (AvgIpc) is 3.00. The molecule has 2 heterocycles. The van der Waals surface area contributed by atoms with Crippen LogP contribution in [-0.2, 0) is 0 Å². The lowest BCUT2D eigenvalue weighted by atomic mass is 9.50. The van der Waals surface area contributed by atoms with Crippen molar-refractivity contribution in [3.8, 4) is 5.75 Å². The maximum atomic E-state index is 6.42. The minimum atomic E-state index is 0.602. The Morgan fingerprint density at radius 3 is 2.36 bits per heavy atom. The van der Waals surface area contributed by atoms with Gasteiger partial charge in [0.25, 0.3) is 0 Å². The van der Waals surface area contributed by atoms with E-state index in [-0.39, 0.29) is 0 Å². The van der Waals surface area contributed by atoms with Crippen LogP contribution in [0, 0.1) is 18.8 Å². The number of aromatic nitrogens is 2. The molecular weight excluding hydrogens is 350 g/mol. The molecule has 3 aliphatic carbocycles. The number of rotatable bonds is 3. The van der Waals surface area contributed by atoms with Gasteiger partial charge < -0.3 is 14.1 Å². The van der Waals surface area contributed by atoms with Gasteiger partial charge in [0.05, 0.1) is 12.5 Å². The molecule has 5 heteroatoms. The molecule has 4 atom stereocenters. The standard InChI is InChI=1S/C23H25N3O2/c1-12-24-22(26(2)13-4-6-14(27-3)7-5-13)20-19-17-10-8-15(17)16-9-11-18(16)21(19)28-23(20)25-12/h4-7,15-18H,8-11H2,1-3H3/t15-,16?,17?,18+/m0/s1. The van der Waals surface area contributed by atoms with Gasteiger partial charge in [-0.05, 0) is 74.6 Å².